The number of aromatic amines is 1. The van der Waals surface area contributed by atoms with Crippen LogP contribution in [0.2, 0.25) is 0 Å². The fraction of sp³-hybridized carbons (Fsp3) is 0.542. The van der Waals surface area contributed by atoms with E-state index in [0.717, 1.165) is 81.1 Å². The Kier molecular flexibility index (Phi) is 7.18. The molecule has 194 valence electrons. The number of pyridine rings is 1. The average Bonchev–Trinajstić information content (AvgIpc) is 3.28. The summed E-state index contributed by atoms with van der Waals surface area (Å²) in [7, 11) is -1.03. The van der Waals surface area contributed by atoms with Crippen LogP contribution in [-0.2, 0) is 11.0 Å². The summed E-state index contributed by atoms with van der Waals surface area (Å²) in [4.78, 5) is 17.1. The van der Waals surface area contributed by atoms with Crippen LogP contribution in [-0.4, -0.2) is 83.4 Å². The lowest BCUT2D eigenvalue weighted by atomic mass is 9.74. The molecule has 1 spiro atoms. The summed E-state index contributed by atoms with van der Waals surface area (Å²) in [5.41, 5.74) is 1.30. The van der Waals surface area contributed by atoms with Crippen LogP contribution in [0.15, 0.2) is 24.4 Å². The van der Waals surface area contributed by atoms with E-state index in [9.17, 15) is 13.0 Å². The second kappa shape index (κ2) is 10.3. The average molecular weight is 519 g/mol. The quantitative estimate of drug-likeness (QED) is 0.379. The number of hydrogen-bond donors (Lipinski definition) is 4. The fourth-order valence-corrected chi connectivity index (χ4v) is 5.56. The number of imidazole rings is 1. The third-order valence-corrected chi connectivity index (χ3v) is 7.73. The van der Waals surface area contributed by atoms with Crippen molar-refractivity contribution in [3.8, 4) is 11.3 Å². The fourth-order valence-electron chi connectivity index (χ4n) is 5.09. The monoisotopic (exact) mass is 518 g/mol. The zero-order valence-corrected chi connectivity index (χ0v) is 21.1. The molecule has 3 aliphatic rings. The van der Waals surface area contributed by atoms with Gasteiger partial charge in [0.25, 0.3) is 6.43 Å². The van der Waals surface area contributed by atoms with Crippen molar-refractivity contribution in [3.63, 3.8) is 0 Å². The van der Waals surface area contributed by atoms with Crippen LogP contribution in [0.4, 0.5) is 20.4 Å². The van der Waals surface area contributed by atoms with Gasteiger partial charge in [-0.25, -0.2) is 27.7 Å². The van der Waals surface area contributed by atoms with Crippen molar-refractivity contribution in [3.05, 3.63) is 30.2 Å². The molecule has 0 amide bonds. The summed E-state index contributed by atoms with van der Waals surface area (Å²) in [6, 6.07) is 4.09. The van der Waals surface area contributed by atoms with Crippen molar-refractivity contribution < 1.29 is 13.0 Å². The highest BCUT2D eigenvalue weighted by molar-refractivity contribution is 7.82. The van der Waals surface area contributed by atoms with Crippen molar-refractivity contribution in [2.75, 3.05) is 61.9 Å². The molecule has 3 saturated heterocycles. The third-order valence-electron chi connectivity index (χ3n) is 7.16. The Morgan fingerprint density at radius 1 is 1.33 bits per heavy atom. The van der Waals surface area contributed by atoms with E-state index < -0.39 is 23.1 Å². The minimum absolute atomic E-state index is 0.358. The SMILES string of the molecule is CS(=O)NCC1CCCN(c2cc(-c3cnc(/C=C\C(=N)C(F)F)[nH]3)cc(N3CC4(CNC4)C3)n2)C1. The van der Waals surface area contributed by atoms with Crippen LogP contribution in [0.5, 0.6) is 0 Å². The van der Waals surface area contributed by atoms with Gasteiger partial charge in [0.1, 0.15) is 17.5 Å². The Balaban J connectivity index is 1.39. The second-order valence-electron chi connectivity index (χ2n) is 10.1. The molecular formula is C24H32F2N8OS. The first-order chi connectivity index (χ1) is 17.3. The molecule has 9 nitrogen and oxygen atoms in total. The zero-order valence-electron chi connectivity index (χ0n) is 20.3. The van der Waals surface area contributed by atoms with Gasteiger partial charge in [0.15, 0.2) is 0 Å². The van der Waals surface area contributed by atoms with Gasteiger partial charge >= 0.3 is 0 Å². The van der Waals surface area contributed by atoms with Gasteiger partial charge in [-0.3, -0.25) is 5.41 Å². The van der Waals surface area contributed by atoms with Crippen LogP contribution in [0, 0.1) is 16.7 Å². The first-order valence-electron chi connectivity index (χ1n) is 12.2. The van der Waals surface area contributed by atoms with Gasteiger partial charge < -0.3 is 20.1 Å². The third kappa shape index (κ3) is 5.50. The number of H-pyrrole nitrogens is 1. The Hall–Kier alpha value is -2.70. The first-order valence-corrected chi connectivity index (χ1v) is 13.8. The summed E-state index contributed by atoms with van der Waals surface area (Å²) in [6.07, 6.45) is 5.10. The molecule has 5 heterocycles. The summed E-state index contributed by atoms with van der Waals surface area (Å²) < 4.78 is 39.8. The maximum absolute atomic E-state index is 12.6. The molecule has 2 aromatic heterocycles. The van der Waals surface area contributed by atoms with Crippen molar-refractivity contribution in [1.82, 2.24) is 25.0 Å². The minimum atomic E-state index is -2.81. The van der Waals surface area contributed by atoms with Crippen molar-refractivity contribution in [1.29, 1.82) is 5.41 Å². The molecule has 0 saturated carbocycles. The minimum Gasteiger partial charge on any atom is -0.356 e. The van der Waals surface area contributed by atoms with E-state index in [1.54, 1.807) is 12.5 Å². The lowest BCUT2D eigenvalue weighted by Crippen LogP contribution is -2.71. The van der Waals surface area contributed by atoms with Gasteiger partial charge in [0, 0.05) is 63.0 Å². The Labute approximate surface area is 211 Å². The van der Waals surface area contributed by atoms with Crippen LogP contribution in [0.25, 0.3) is 17.3 Å². The predicted octanol–water partition coefficient (Wildman–Crippen LogP) is 2.28. The van der Waals surface area contributed by atoms with Gasteiger partial charge in [0.2, 0.25) is 0 Å². The highest BCUT2D eigenvalue weighted by Gasteiger charge is 2.48. The lowest BCUT2D eigenvalue weighted by Gasteiger charge is -2.56. The molecule has 3 fully saturated rings. The zero-order chi connectivity index (χ0) is 25.3. The Morgan fingerprint density at radius 3 is 2.75 bits per heavy atom. The highest BCUT2D eigenvalue weighted by Crippen LogP contribution is 2.39. The standard InChI is InChI=1S/C24H32F2N8OS/c1-36(35)30-9-16-3-2-6-33(11-16)21-7-17(8-22(32-21)34-14-24(15-34)12-28-13-24)19-10-29-20(31-19)5-4-18(27)23(25)26/h4-5,7-8,10,16,23,27-28,30H,2-3,6,9,11-15H2,1H3,(H,29,31)/b5-4-,27-18?. The van der Waals surface area contributed by atoms with E-state index in [4.69, 9.17) is 10.4 Å². The maximum atomic E-state index is 12.6. The number of piperidine rings is 1. The van der Waals surface area contributed by atoms with Crippen molar-refractivity contribution in [2.24, 2.45) is 11.3 Å². The highest BCUT2D eigenvalue weighted by atomic mass is 32.2. The van der Waals surface area contributed by atoms with Gasteiger partial charge in [-0.05, 0) is 43.0 Å². The molecule has 36 heavy (non-hydrogen) atoms. The smallest absolute Gasteiger partial charge is 0.279 e. The Bertz CT molecular complexity index is 1160. The van der Waals surface area contributed by atoms with E-state index in [1.165, 1.54) is 6.08 Å². The topological polar surface area (TPSA) is 113 Å². The van der Waals surface area contributed by atoms with E-state index >= 15 is 0 Å². The van der Waals surface area contributed by atoms with Gasteiger partial charge in [-0.2, -0.15) is 0 Å². The molecule has 0 aliphatic carbocycles. The Morgan fingerprint density at radius 2 is 2.08 bits per heavy atom. The maximum Gasteiger partial charge on any atom is 0.279 e. The number of aromatic nitrogens is 3. The summed E-state index contributed by atoms with van der Waals surface area (Å²) in [6.45, 7) is 6.47. The summed E-state index contributed by atoms with van der Waals surface area (Å²) in [5, 5.41) is 10.7. The predicted molar refractivity (Wildman–Crippen MR) is 139 cm³/mol. The van der Waals surface area contributed by atoms with Crippen LogP contribution < -0.4 is 19.8 Å². The molecule has 12 heteroatoms. The lowest BCUT2D eigenvalue weighted by molar-refractivity contribution is 0.120. The molecule has 0 radical (unpaired) electrons. The first kappa shape index (κ1) is 25.0. The number of halogens is 2. The molecule has 3 aliphatic heterocycles. The summed E-state index contributed by atoms with van der Waals surface area (Å²) in [5.74, 6) is 2.61. The number of nitrogens with one attached hydrogen (secondary N) is 4. The van der Waals surface area contributed by atoms with E-state index in [0.29, 0.717) is 23.7 Å². The number of rotatable bonds is 9. The van der Waals surface area contributed by atoms with E-state index in [-0.39, 0.29) is 0 Å². The van der Waals surface area contributed by atoms with Crippen molar-refractivity contribution >= 4 is 34.4 Å². The van der Waals surface area contributed by atoms with Crippen molar-refractivity contribution in [2.45, 2.75) is 19.3 Å². The largest absolute Gasteiger partial charge is 0.356 e. The number of allylic oxidation sites excluding steroid dienone is 1. The number of hydrogen-bond acceptors (Lipinski definition) is 7. The molecule has 4 N–H and O–H groups in total. The van der Waals surface area contributed by atoms with Crippen LogP contribution in [0.1, 0.15) is 18.7 Å². The summed E-state index contributed by atoms with van der Waals surface area (Å²) >= 11 is 0. The molecular weight excluding hydrogens is 486 g/mol. The molecule has 2 aromatic rings. The molecule has 2 unspecified atom stereocenters. The second-order valence-corrected chi connectivity index (χ2v) is 11.3. The normalized spacial score (nSPS) is 22.2. The van der Waals surface area contributed by atoms with E-state index in [2.05, 4.69) is 29.8 Å². The molecule has 0 bridgehead atoms. The van der Waals surface area contributed by atoms with Gasteiger partial charge in [-0.15, -0.1) is 0 Å². The van der Waals surface area contributed by atoms with Crippen LogP contribution in [0.3, 0.4) is 0 Å². The van der Waals surface area contributed by atoms with E-state index in [1.807, 2.05) is 12.1 Å². The number of alkyl halides is 2. The molecule has 5 rings (SSSR count). The molecule has 0 aromatic carbocycles. The number of nitrogens with zero attached hydrogens (tertiary/aromatic N) is 4. The molecule has 2 atom stereocenters. The van der Waals surface area contributed by atoms with Crippen LogP contribution >= 0.6 is 0 Å². The van der Waals surface area contributed by atoms with Gasteiger partial charge in [0.05, 0.1) is 28.6 Å². The van der Waals surface area contributed by atoms with Gasteiger partial charge in [-0.1, -0.05) is 0 Å². The number of anilines is 2.